The highest BCUT2D eigenvalue weighted by Crippen LogP contribution is 2.28. The third kappa shape index (κ3) is 5.46. The molecular formula is C21H25ClN2O5S2. The minimum atomic E-state index is -3.78. The molecule has 0 bridgehead atoms. The van der Waals surface area contributed by atoms with Crippen molar-refractivity contribution in [1.82, 2.24) is 9.62 Å². The zero-order valence-corrected chi connectivity index (χ0v) is 19.7. The maximum atomic E-state index is 13.0. The highest BCUT2D eigenvalue weighted by molar-refractivity contribution is 7.90. The maximum Gasteiger partial charge on any atom is 0.251 e. The van der Waals surface area contributed by atoms with Gasteiger partial charge in [0.05, 0.1) is 16.0 Å². The molecule has 3 rings (SSSR count). The number of carbonyl (C=O) groups is 1. The second kappa shape index (κ2) is 9.28. The molecule has 0 unspecified atom stereocenters. The van der Waals surface area contributed by atoms with E-state index >= 15 is 0 Å². The van der Waals surface area contributed by atoms with Gasteiger partial charge in [0.15, 0.2) is 9.84 Å². The molecule has 1 atom stereocenters. The van der Waals surface area contributed by atoms with Gasteiger partial charge in [-0.25, -0.2) is 16.8 Å². The van der Waals surface area contributed by atoms with E-state index in [4.69, 9.17) is 11.6 Å². The number of piperidine rings is 1. The molecular weight excluding hydrogens is 460 g/mol. The van der Waals surface area contributed by atoms with Crippen molar-refractivity contribution in [2.24, 2.45) is 0 Å². The van der Waals surface area contributed by atoms with Gasteiger partial charge in [-0.15, -0.1) is 0 Å². The number of carbonyl (C=O) groups excluding carboxylic acids is 1. The highest BCUT2D eigenvalue weighted by Gasteiger charge is 2.29. The summed E-state index contributed by atoms with van der Waals surface area (Å²) in [6, 6.07) is 10.0. The highest BCUT2D eigenvalue weighted by atomic mass is 35.5. The lowest BCUT2D eigenvalue weighted by Gasteiger charge is -2.26. The van der Waals surface area contributed by atoms with E-state index in [0.717, 1.165) is 31.1 Å². The van der Waals surface area contributed by atoms with Crippen LogP contribution in [0.4, 0.5) is 0 Å². The second-order valence-corrected chi connectivity index (χ2v) is 12.0. The summed E-state index contributed by atoms with van der Waals surface area (Å²) in [6.07, 6.45) is 3.72. The monoisotopic (exact) mass is 484 g/mol. The fourth-order valence-corrected chi connectivity index (χ4v) is 6.10. The minimum absolute atomic E-state index is 0.0751. The van der Waals surface area contributed by atoms with Gasteiger partial charge in [-0.3, -0.25) is 4.79 Å². The number of rotatable bonds is 6. The molecule has 1 amide bonds. The van der Waals surface area contributed by atoms with Gasteiger partial charge in [-0.05, 0) is 55.7 Å². The molecule has 0 radical (unpaired) electrons. The van der Waals surface area contributed by atoms with E-state index in [0.29, 0.717) is 13.1 Å². The molecule has 0 aliphatic carbocycles. The van der Waals surface area contributed by atoms with E-state index < -0.39 is 31.8 Å². The number of hydrogen-bond acceptors (Lipinski definition) is 5. The van der Waals surface area contributed by atoms with Gasteiger partial charge < -0.3 is 5.32 Å². The lowest BCUT2D eigenvalue weighted by atomic mass is 10.1. The van der Waals surface area contributed by atoms with Crippen molar-refractivity contribution in [2.75, 3.05) is 19.3 Å². The zero-order chi connectivity index (χ0) is 22.8. The van der Waals surface area contributed by atoms with Gasteiger partial charge >= 0.3 is 0 Å². The number of sulfone groups is 1. The topological polar surface area (TPSA) is 101 Å². The Morgan fingerprint density at radius 2 is 1.61 bits per heavy atom. The lowest BCUT2D eigenvalue weighted by molar-refractivity contribution is 0.0939. The molecule has 1 aliphatic rings. The van der Waals surface area contributed by atoms with E-state index in [1.54, 1.807) is 19.1 Å². The first kappa shape index (κ1) is 23.7. The summed E-state index contributed by atoms with van der Waals surface area (Å²) in [4.78, 5) is 12.9. The Hall–Kier alpha value is -1.94. The fourth-order valence-electron chi connectivity index (χ4n) is 3.45. The van der Waals surface area contributed by atoms with Crippen LogP contribution in [0, 0.1) is 0 Å². The molecule has 1 N–H and O–H groups in total. The van der Waals surface area contributed by atoms with Crippen LogP contribution in [0.15, 0.2) is 52.3 Å². The first-order valence-corrected chi connectivity index (χ1v) is 13.6. The van der Waals surface area contributed by atoms with Crippen molar-refractivity contribution >= 4 is 37.4 Å². The molecule has 10 heteroatoms. The van der Waals surface area contributed by atoms with Crippen LogP contribution in [-0.2, 0) is 19.9 Å². The number of benzene rings is 2. The number of nitrogens with zero attached hydrogens (tertiary/aromatic N) is 1. The van der Waals surface area contributed by atoms with Gasteiger partial charge in [0, 0.05) is 24.9 Å². The summed E-state index contributed by atoms with van der Waals surface area (Å²) < 4.78 is 50.6. The van der Waals surface area contributed by atoms with E-state index in [-0.39, 0.29) is 20.4 Å². The van der Waals surface area contributed by atoms with E-state index in [1.165, 1.54) is 34.6 Å². The van der Waals surface area contributed by atoms with Gasteiger partial charge in [-0.1, -0.05) is 30.2 Å². The third-order valence-electron chi connectivity index (χ3n) is 5.28. The Morgan fingerprint density at radius 3 is 2.19 bits per heavy atom. The van der Waals surface area contributed by atoms with Gasteiger partial charge in [-0.2, -0.15) is 4.31 Å². The van der Waals surface area contributed by atoms with Crippen LogP contribution in [-0.4, -0.2) is 46.4 Å². The Kier molecular flexibility index (Phi) is 7.10. The predicted molar refractivity (Wildman–Crippen MR) is 119 cm³/mol. The largest absolute Gasteiger partial charge is 0.346 e. The van der Waals surface area contributed by atoms with Crippen molar-refractivity contribution in [1.29, 1.82) is 0 Å². The standard InChI is InChI=1S/C21H25ClN2O5S2/c1-15(16-6-9-18(10-7-16)30(2,26)27)23-21(25)17-8-11-19(22)20(14-17)31(28,29)24-12-4-3-5-13-24/h6-11,14-15H,3-5,12-13H2,1-2H3,(H,23,25)/t15-/m1/s1. The number of sulfonamides is 1. The van der Waals surface area contributed by atoms with Crippen LogP contribution in [0.2, 0.25) is 5.02 Å². The van der Waals surface area contributed by atoms with Crippen LogP contribution < -0.4 is 5.32 Å². The Morgan fingerprint density at radius 1 is 1.00 bits per heavy atom. The fraction of sp³-hybridized carbons (Fsp3) is 0.381. The van der Waals surface area contributed by atoms with Crippen LogP contribution in [0.25, 0.3) is 0 Å². The van der Waals surface area contributed by atoms with Crippen LogP contribution >= 0.6 is 11.6 Å². The quantitative estimate of drug-likeness (QED) is 0.677. The Labute approximate surface area is 188 Å². The SMILES string of the molecule is C[C@@H](NC(=O)c1ccc(Cl)c(S(=O)(=O)N2CCCCC2)c1)c1ccc(S(C)(=O)=O)cc1. The molecule has 31 heavy (non-hydrogen) atoms. The van der Waals surface area contributed by atoms with Gasteiger partial charge in [0.1, 0.15) is 4.90 Å². The molecule has 7 nitrogen and oxygen atoms in total. The van der Waals surface area contributed by atoms with Crippen molar-refractivity contribution in [3.63, 3.8) is 0 Å². The number of amides is 1. The average Bonchev–Trinajstić information content (AvgIpc) is 2.74. The number of hydrogen-bond donors (Lipinski definition) is 1. The zero-order valence-electron chi connectivity index (χ0n) is 17.3. The van der Waals surface area contributed by atoms with E-state index in [9.17, 15) is 21.6 Å². The summed E-state index contributed by atoms with van der Waals surface area (Å²) in [5, 5.41) is 2.88. The smallest absolute Gasteiger partial charge is 0.251 e. The van der Waals surface area contributed by atoms with Crippen molar-refractivity contribution in [3.05, 3.63) is 58.6 Å². The number of halogens is 1. The third-order valence-corrected chi connectivity index (χ3v) is 8.79. The molecule has 0 spiro atoms. The molecule has 1 heterocycles. The second-order valence-electron chi connectivity index (χ2n) is 7.65. The van der Waals surface area contributed by atoms with Crippen molar-refractivity contribution < 1.29 is 21.6 Å². The molecule has 0 aromatic heterocycles. The summed E-state index contributed by atoms with van der Waals surface area (Å²) in [7, 11) is -7.09. The Balaban J connectivity index is 1.80. The van der Waals surface area contributed by atoms with E-state index in [2.05, 4.69) is 5.32 Å². The molecule has 1 fully saturated rings. The lowest BCUT2D eigenvalue weighted by Crippen LogP contribution is -2.36. The average molecular weight is 485 g/mol. The molecule has 0 saturated carbocycles. The first-order chi connectivity index (χ1) is 14.5. The summed E-state index contributed by atoms with van der Waals surface area (Å²) in [6.45, 7) is 2.64. The normalized spacial score (nSPS) is 16.6. The van der Waals surface area contributed by atoms with Gasteiger partial charge in [0.25, 0.3) is 5.91 Å². The first-order valence-electron chi connectivity index (χ1n) is 9.91. The van der Waals surface area contributed by atoms with Crippen LogP contribution in [0.3, 0.4) is 0 Å². The number of nitrogens with one attached hydrogen (secondary N) is 1. The minimum Gasteiger partial charge on any atom is -0.346 e. The van der Waals surface area contributed by atoms with Gasteiger partial charge in [0.2, 0.25) is 10.0 Å². The Bertz CT molecular complexity index is 1170. The summed E-state index contributed by atoms with van der Waals surface area (Å²) in [5.41, 5.74) is 0.899. The van der Waals surface area contributed by atoms with Crippen molar-refractivity contribution in [3.8, 4) is 0 Å². The van der Waals surface area contributed by atoms with Crippen LogP contribution in [0.1, 0.15) is 48.1 Å². The van der Waals surface area contributed by atoms with Crippen LogP contribution in [0.5, 0.6) is 0 Å². The summed E-state index contributed by atoms with van der Waals surface area (Å²) in [5.74, 6) is -0.452. The van der Waals surface area contributed by atoms with Crippen molar-refractivity contribution in [2.45, 2.75) is 42.0 Å². The summed E-state index contributed by atoms with van der Waals surface area (Å²) >= 11 is 6.17. The van der Waals surface area contributed by atoms with E-state index in [1.807, 2.05) is 0 Å². The molecule has 2 aromatic carbocycles. The molecule has 2 aromatic rings. The maximum absolute atomic E-state index is 13.0. The predicted octanol–water partition coefficient (Wildman–Crippen LogP) is 3.41. The molecule has 1 saturated heterocycles. The molecule has 168 valence electrons. The molecule has 1 aliphatic heterocycles.